The molecule has 1 unspecified atom stereocenters. The van der Waals surface area contributed by atoms with Crippen LogP contribution in [0.15, 0.2) is 30.5 Å². The maximum absolute atomic E-state index is 12.5. The second-order valence-corrected chi connectivity index (χ2v) is 13.0. The lowest BCUT2D eigenvalue weighted by molar-refractivity contribution is 0.259. The second-order valence-electron chi connectivity index (χ2n) is 9.84. The third-order valence-electron chi connectivity index (χ3n) is 6.77. The zero-order chi connectivity index (χ0) is 25.4. The van der Waals surface area contributed by atoms with Gasteiger partial charge in [-0.2, -0.15) is 10.2 Å². The molecule has 3 heterocycles. The summed E-state index contributed by atoms with van der Waals surface area (Å²) >= 11 is 0. The van der Waals surface area contributed by atoms with E-state index in [1.165, 1.54) is 35.7 Å². The van der Waals surface area contributed by atoms with Gasteiger partial charge >= 0.3 is 0 Å². The highest BCUT2D eigenvalue weighted by molar-refractivity contribution is 7.69. The van der Waals surface area contributed by atoms with E-state index in [0.29, 0.717) is 28.9 Å². The number of ether oxygens (including phenoxy) is 1. The van der Waals surface area contributed by atoms with Crippen LogP contribution in [-0.2, 0) is 17.5 Å². The lowest BCUT2D eigenvalue weighted by Crippen LogP contribution is -2.33. The summed E-state index contributed by atoms with van der Waals surface area (Å²) in [6.45, 7) is 5.25. The maximum atomic E-state index is 12.5. The van der Waals surface area contributed by atoms with E-state index in [1.807, 2.05) is 0 Å². The predicted molar refractivity (Wildman–Crippen MR) is 142 cm³/mol. The van der Waals surface area contributed by atoms with Crippen molar-refractivity contribution in [1.82, 2.24) is 19.9 Å². The number of rotatable bonds is 6. The number of nitriles is 1. The lowest BCUT2D eigenvalue weighted by Gasteiger charge is -2.38. The summed E-state index contributed by atoms with van der Waals surface area (Å²) in [7, 11) is 1.31. The molecule has 1 aliphatic carbocycles. The average Bonchev–Trinajstić information content (AvgIpc) is 2.84. The number of aromatic nitrogens is 3. The summed E-state index contributed by atoms with van der Waals surface area (Å²) in [5, 5.41) is 16.1. The zero-order valence-corrected chi connectivity index (χ0v) is 21.9. The minimum Gasteiger partial charge on any atom is -0.494 e. The fourth-order valence-electron chi connectivity index (χ4n) is 5.22. The van der Waals surface area contributed by atoms with Crippen LogP contribution in [0.5, 0.6) is 5.75 Å². The molecule has 0 saturated heterocycles. The molecule has 1 atom stereocenters. The van der Waals surface area contributed by atoms with Crippen molar-refractivity contribution in [2.45, 2.75) is 31.7 Å². The van der Waals surface area contributed by atoms with Gasteiger partial charge in [-0.15, -0.1) is 0 Å². The van der Waals surface area contributed by atoms with Crippen LogP contribution in [-0.4, -0.2) is 53.9 Å². The molecular weight excluding hydrogens is 473 g/mol. The molecule has 0 fully saturated rings. The van der Waals surface area contributed by atoms with Crippen molar-refractivity contribution in [2.75, 3.05) is 44.7 Å². The molecule has 1 aromatic carbocycles. The summed E-state index contributed by atoms with van der Waals surface area (Å²) in [5.41, 5.74) is 5.63. The first-order valence-electron chi connectivity index (χ1n) is 12.0. The van der Waals surface area contributed by atoms with Crippen LogP contribution >= 0.6 is 7.14 Å². The van der Waals surface area contributed by atoms with Crippen molar-refractivity contribution in [3.63, 3.8) is 0 Å². The van der Waals surface area contributed by atoms with E-state index in [2.05, 4.69) is 49.7 Å². The first-order chi connectivity index (χ1) is 17.3. The number of pyridine rings is 1. The van der Waals surface area contributed by atoms with Gasteiger partial charge in [0.25, 0.3) is 0 Å². The van der Waals surface area contributed by atoms with Gasteiger partial charge in [0.05, 0.1) is 19.0 Å². The molecule has 186 valence electrons. The van der Waals surface area contributed by atoms with E-state index in [9.17, 15) is 9.83 Å². The number of hydrogen-bond acceptors (Lipinski definition) is 9. The van der Waals surface area contributed by atoms with Gasteiger partial charge in [0.1, 0.15) is 35.8 Å². The molecule has 10 heteroatoms. The van der Waals surface area contributed by atoms with Crippen LogP contribution in [0.3, 0.4) is 0 Å². The highest BCUT2D eigenvalue weighted by Crippen LogP contribution is 2.46. The molecule has 2 aromatic heterocycles. The van der Waals surface area contributed by atoms with Crippen molar-refractivity contribution < 1.29 is 9.30 Å². The van der Waals surface area contributed by atoms with E-state index in [4.69, 9.17) is 4.74 Å². The third-order valence-corrected chi connectivity index (χ3v) is 8.12. The normalized spacial score (nSPS) is 17.1. The molecule has 9 nitrogen and oxygen atoms in total. The van der Waals surface area contributed by atoms with Gasteiger partial charge in [-0.1, -0.05) is 6.07 Å². The molecule has 2 aliphatic rings. The third kappa shape index (κ3) is 4.67. The molecule has 3 aromatic rings. The Balaban J connectivity index is 1.50. The predicted octanol–water partition coefficient (Wildman–Crippen LogP) is 4.35. The van der Waals surface area contributed by atoms with E-state index < -0.39 is 7.14 Å². The average molecular weight is 504 g/mol. The van der Waals surface area contributed by atoms with Crippen molar-refractivity contribution >= 4 is 35.8 Å². The smallest absolute Gasteiger partial charge is 0.229 e. The number of nitrogens with zero attached hydrogens (tertiary/aromatic N) is 5. The molecule has 0 saturated carbocycles. The topological polar surface area (TPSA) is 116 Å². The van der Waals surface area contributed by atoms with Gasteiger partial charge < -0.3 is 24.8 Å². The Morgan fingerprint density at radius 1 is 1.25 bits per heavy atom. The Labute approximate surface area is 211 Å². The minimum atomic E-state index is -2.53. The van der Waals surface area contributed by atoms with Gasteiger partial charge in [0.2, 0.25) is 5.95 Å². The van der Waals surface area contributed by atoms with Crippen molar-refractivity contribution in [2.24, 2.45) is 0 Å². The Bertz CT molecular complexity index is 1410. The summed E-state index contributed by atoms with van der Waals surface area (Å²) in [6, 6.07) is 9.55. The SMILES string of the molecule is COc1c(Nc2ncc(C#N)c(Nc3cccc(P(C)(C)=O)n3)n2)cc2c3c1CN(C)CC3CCC2. The molecule has 1 aliphatic heterocycles. The Morgan fingerprint density at radius 2 is 2.08 bits per heavy atom. The number of methoxy groups -OCH3 is 1. The molecule has 0 radical (unpaired) electrons. The molecule has 36 heavy (non-hydrogen) atoms. The first-order valence-corrected chi connectivity index (χ1v) is 14.6. The van der Waals surface area contributed by atoms with Crippen LogP contribution in [0.2, 0.25) is 0 Å². The van der Waals surface area contributed by atoms with Crippen molar-refractivity contribution in [3.05, 3.63) is 52.7 Å². The van der Waals surface area contributed by atoms with E-state index in [0.717, 1.165) is 30.9 Å². The number of anilines is 4. The van der Waals surface area contributed by atoms with Crippen molar-refractivity contribution in [3.8, 4) is 11.8 Å². The molecule has 0 bridgehead atoms. The van der Waals surface area contributed by atoms with E-state index in [1.54, 1.807) is 38.6 Å². The molecular formula is C26H30N7O2P. The summed E-state index contributed by atoms with van der Waals surface area (Å²) in [5.74, 6) is 2.47. The highest BCUT2D eigenvalue weighted by Gasteiger charge is 2.32. The molecule has 0 amide bonds. The van der Waals surface area contributed by atoms with Crippen LogP contribution in [0.1, 0.15) is 41.0 Å². The van der Waals surface area contributed by atoms with Crippen molar-refractivity contribution in [1.29, 1.82) is 5.26 Å². The Kier molecular flexibility index (Phi) is 6.42. The molecule has 5 rings (SSSR count). The quantitative estimate of drug-likeness (QED) is 0.474. The maximum Gasteiger partial charge on any atom is 0.229 e. The van der Waals surface area contributed by atoms with E-state index in [-0.39, 0.29) is 5.56 Å². The number of hydrogen-bond donors (Lipinski definition) is 2. The monoisotopic (exact) mass is 503 g/mol. The van der Waals surface area contributed by atoms with Gasteiger partial charge in [0.15, 0.2) is 5.82 Å². The number of benzene rings is 1. The zero-order valence-electron chi connectivity index (χ0n) is 21.0. The van der Waals surface area contributed by atoms with Gasteiger partial charge in [0, 0.05) is 18.7 Å². The fourth-order valence-corrected chi connectivity index (χ4v) is 6.02. The first kappa shape index (κ1) is 24.2. The van der Waals surface area contributed by atoms with Gasteiger partial charge in [-0.25, -0.2) is 9.97 Å². The molecule has 2 N–H and O–H groups in total. The summed E-state index contributed by atoms with van der Waals surface area (Å²) < 4.78 is 18.4. The largest absolute Gasteiger partial charge is 0.494 e. The van der Waals surface area contributed by atoms with Gasteiger partial charge in [-0.05, 0) is 74.9 Å². The fraction of sp³-hybridized carbons (Fsp3) is 0.385. The van der Waals surface area contributed by atoms with Crippen LogP contribution in [0.4, 0.5) is 23.3 Å². The number of likely N-dealkylation sites (N-methyl/N-ethyl adjacent to an activating group) is 1. The number of nitrogens with one attached hydrogen (secondary N) is 2. The lowest BCUT2D eigenvalue weighted by atomic mass is 9.77. The summed E-state index contributed by atoms with van der Waals surface area (Å²) in [6.07, 6.45) is 4.90. The van der Waals surface area contributed by atoms with Crippen LogP contribution in [0, 0.1) is 11.3 Å². The highest BCUT2D eigenvalue weighted by atomic mass is 31.2. The summed E-state index contributed by atoms with van der Waals surface area (Å²) in [4.78, 5) is 15.8. The number of aryl methyl sites for hydroxylation is 1. The van der Waals surface area contributed by atoms with E-state index >= 15 is 0 Å². The standard InChI is InChI=1S/C26H30N7O2P/c1-33-14-17-8-5-7-16-11-20(24(35-2)19(15-33)23(16)17)29-26-28-13-18(12-27)25(32-26)31-21-9-6-10-22(30-21)36(3,4)34/h6,9-11,13,17H,5,7-8,14-15H2,1-4H3,(H2,28,29,30,31,32). The Hall–Kier alpha value is -3.47. The minimum absolute atomic E-state index is 0.279. The van der Waals surface area contributed by atoms with Gasteiger partial charge in [-0.3, -0.25) is 0 Å². The Morgan fingerprint density at radius 3 is 2.83 bits per heavy atom. The van der Waals surface area contributed by atoms with Crippen LogP contribution in [0.25, 0.3) is 0 Å². The van der Waals surface area contributed by atoms with Crippen LogP contribution < -0.4 is 20.8 Å². The second kappa shape index (κ2) is 9.53. The molecule has 0 spiro atoms.